The maximum Gasteiger partial charge on any atom is 0.191 e. The summed E-state index contributed by atoms with van der Waals surface area (Å²) in [5.74, 6) is 1.45. The molecule has 0 atom stereocenters. The van der Waals surface area contributed by atoms with Gasteiger partial charge in [0.1, 0.15) is 5.82 Å². The third kappa shape index (κ3) is 6.84. The number of anilines is 1. The summed E-state index contributed by atoms with van der Waals surface area (Å²) in [4.78, 5) is 7.44. The number of rotatable bonds is 6. The fourth-order valence-electron chi connectivity index (χ4n) is 3.20. The van der Waals surface area contributed by atoms with E-state index in [0.717, 1.165) is 44.2 Å². The SMILES string of the molecule is CN=C(NCCSc1ccccc1F)NC1CCN(c2ccccc2)CC1.I. The Bertz CT molecular complexity index is 736. The fourth-order valence-corrected chi connectivity index (χ4v) is 4.01. The van der Waals surface area contributed by atoms with Gasteiger partial charge in [-0.25, -0.2) is 4.39 Å². The molecule has 2 aromatic carbocycles. The lowest BCUT2D eigenvalue weighted by molar-refractivity contribution is 0.462. The van der Waals surface area contributed by atoms with Gasteiger partial charge < -0.3 is 15.5 Å². The number of thioether (sulfide) groups is 1. The molecule has 0 saturated carbocycles. The molecular formula is C21H28FIN4S. The number of nitrogens with one attached hydrogen (secondary N) is 2. The average molecular weight is 514 g/mol. The van der Waals surface area contributed by atoms with E-state index in [1.807, 2.05) is 12.1 Å². The van der Waals surface area contributed by atoms with Gasteiger partial charge in [-0.2, -0.15) is 0 Å². The van der Waals surface area contributed by atoms with Crippen LogP contribution in [0.2, 0.25) is 0 Å². The third-order valence-electron chi connectivity index (χ3n) is 4.67. The van der Waals surface area contributed by atoms with Gasteiger partial charge in [-0.05, 0) is 37.1 Å². The van der Waals surface area contributed by atoms with Crippen molar-refractivity contribution in [3.8, 4) is 0 Å². The molecule has 7 heteroatoms. The van der Waals surface area contributed by atoms with E-state index in [9.17, 15) is 4.39 Å². The maximum absolute atomic E-state index is 13.6. The number of guanidine groups is 1. The van der Waals surface area contributed by atoms with Gasteiger partial charge in [0.2, 0.25) is 0 Å². The van der Waals surface area contributed by atoms with Gasteiger partial charge >= 0.3 is 0 Å². The molecule has 0 spiro atoms. The number of piperidine rings is 1. The molecule has 1 aliphatic rings. The monoisotopic (exact) mass is 514 g/mol. The number of hydrogen-bond acceptors (Lipinski definition) is 3. The number of benzene rings is 2. The first kappa shape index (κ1) is 22.8. The van der Waals surface area contributed by atoms with Gasteiger partial charge in [0.25, 0.3) is 0 Å². The topological polar surface area (TPSA) is 39.7 Å². The normalized spacial score (nSPS) is 15.1. The van der Waals surface area contributed by atoms with Gasteiger partial charge in [-0.1, -0.05) is 30.3 Å². The summed E-state index contributed by atoms with van der Waals surface area (Å²) in [6.45, 7) is 2.82. The summed E-state index contributed by atoms with van der Waals surface area (Å²) < 4.78 is 13.6. The quantitative estimate of drug-likeness (QED) is 0.198. The van der Waals surface area contributed by atoms with Crippen molar-refractivity contribution in [2.45, 2.75) is 23.8 Å². The van der Waals surface area contributed by atoms with Crippen molar-refractivity contribution in [3.63, 3.8) is 0 Å². The second-order valence-electron chi connectivity index (χ2n) is 6.52. The van der Waals surface area contributed by atoms with E-state index in [1.54, 1.807) is 13.1 Å². The first-order valence-electron chi connectivity index (χ1n) is 9.41. The van der Waals surface area contributed by atoms with E-state index >= 15 is 0 Å². The van der Waals surface area contributed by atoms with Crippen LogP contribution in [0.4, 0.5) is 10.1 Å². The van der Waals surface area contributed by atoms with Crippen molar-refractivity contribution in [2.75, 3.05) is 37.3 Å². The Morgan fingerprint density at radius 1 is 1.11 bits per heavy atom. The molecule has 0 bridgehead atoms. The molecule has 0 aromatic heterocycles. The van der Waals surface area contributed by atoms with E-state index in [4.69, 9.17) is 0 Å². The zero-order valence-electron chi connectivity index (χ0n) is 16.1. The highest BCUT2D eigenvalue weighted by Gasteiger charge is 2.20. The molecule has 1 heterocycles. The van der Waals surface area contributed by atoms with Crippen LogP contribution in [-0.4, -0.2) is 44.4 Å². The summed E-state index contributed by atoms with van der Waals surface area (Å²) in [5, 5.41) is 6.85. The molecule has 2 N–H and O–H groups in total. The number of nitrogens with zero attached hydrogens (tertiary/aromatic N) is 2. The van der Waals surface area contributed by atoms with Gasteiger partial charge in [0.05, 0.1) is 0 Å². The van der Waals surface area contributed by atoms with Gasteiger partial charge in [0.15, 0.2) is 5.96 Å². The summed E-state index contributed by atoms with van der Waals surface area (Å²) >= 11 is 1.52. The van der Waals surface area contributed by atoms with Crippen LogP contribution in [0, 0.1) is 5.82 Å². The molecule has 0 radical (unpaired) electrons. The van der Waals surface area contributed by atoms with Crippen molar-refractivity contribution >= 4 is 47.4 Å². The molecule has 4 nitrogen and oxygen atoms in total. The zero-order chi connectivity index (χ0) is 18.9. The molecule has 0 unspecified atom stereocenters. The summed E-state index contributed by atoms with van der Waals surface area (Å²) in [7, 11) is 1.79. The molecular weight excluding hydrogens is 486 g/mol. The second-order valence-corrected chi connectivity index (χ2v) is 7.66. The van der Waals surface area contributed by atoms with Crippen LogP contribution in [0.1, 0.15) is 12.8 Å². The maximum atomic E-state index is 13.6. The number of para-hydroxylation sites is 1. The highest BCUT2D eigenvalue weighted by atomic mass is 127. The highest BCUT2D eigenvalue weighted by Crippen LogP contribution is 2.21. The summed E-state index contributed by atoms with van der Waals surface area (Å²) in [6, 6.07) is 17.9. The minimum atomic E-state index is -0.157. The largest absolute Gasteiger partial charge is 0.371 e. The van der Waals surface area contributed by atoms with Crippen LogP contribution in [0.25, 0.3) is 0 Å². The Hall–Kier alpha value is -1.48. The van der Waals surface area contributed by atoms with Crippen LogP contribution < -0.4 is 15.5 Å². The van der Waals surface area contributed by atoms with Crippen LogP contribution in [0.3, 0.4) is 0 Å². The second kappa shape index (κ2) is 12.2. The molecule has 1 saturated heterocycles. The van der Waals surface area contributed by atoms with E-state index in [0.29, 0.717) is 10.9 Å². The molecule has 152 valence electrons. The van der Waals surface area contributed by atoms with Crippen molar-refractivity contribution in [1.29, 1.82) is 0 Å². The molecule has 0 aliphatic carbocycles. The summed E-state index contributed by atoms with van der Waals surface area (Å²) in [5.41, 5.74) is 1.30. The lowest BCUT2D eigenvalue weighted by Crippen LogP contribution is -2.49. The molecule has 28 heavy (non-hydrogen) atoms. The van der Waals surface area contributed by atoms with Crippen LogP contribution >= 0.6 is 35.7 Å². The summed E-state index contributed by atoms with van der Waals surface area (Å²) in [6.07, 6.45) is 2.17. The molecule has 2 aromatic rings. The van der Waals surface area contributed by atoms with Crippen LogP contribution in [-0.2, 0) is 0 Å². The standard InChI is InChI=1S/C21H27FN4S.HI/c1-23-21(24-13-16-27-20-10-6-5-9-19(20)22)25-17-11-14-26(15-12-17)18-7-3-2-4-8-18;/h2-10,17H,11-16H2,1H3,(H2,23,24,25);1H. The van der Waals surface area contributed by atoms with Crippen LogP contribution in [0.5, 0.6) is 0 Å². The number of hydrogen-bond donors (Lipinski definition) is 2. The van der Waals surface area contributed by atoms with E-state index < -0.39 is 0 Å². The van der Waals surface area contributed by atoms with E-state index in [-0.39, 0.29) is 29.8 Å². The first-order valence-corrected chi connectivity index (χ1v) is 10.4. The fraction of sp³-hybridized carbons (Fsp3) is 0.381. The number of halogens is 2. The van der Waals surface area contributed by atoms with Gasteiger partial charge in [-0.3, -0.25) is 4.99 Å². The van der Waals surface area contributed by atoms with E-state index in [1.165, 1.54) is 23.5 Å². The molecule has 0 amide bonds. The smallest absolute Gasteiger partial charge is 0.191 e. The predicted molar refractivity (Wildman–Crippen MR) is 129 cm³/mol. The third-order valence-corrected chi connectivity index (χ3v) is 5.72. The lowest BCUT2D eigenvalue weighted by atomic mass is 10.0. The van der Waals surface area contributed by atoms with Crippen molar-refractivity contribution in [2.24, 2.45) is 4.99 Å². The first-order chi connectivity index (χ1) is 13.3. The molecule has 1 fully saturated rings. The van der Waals surface area contributed by atoms with Crippen LogP contribution in [0.15, 0.2) is 64.5 Å². The van der Waals surface area contributed by atoms with Gasteiger partial charge in [-0.15, -0.1) is 35.7 Å². The predicted octanol–water partition coefficient (Wildman–Crippen LogP) is 4.37. The lowest BCUT2D eigenvalue weighted by Gasteiger charge is -2.34. The van der Waals surface area contributed by atoms with Gasteiger partial charge in [0, 0.05) is 49.1 Å². The molecule has 3 rings (SSSR count). The number of aliphatic imine (C=N–C) groups is 1. The molecule has 1 aliphatic heterocycles. The highest BCUT2D eigenvalue weighted by molar-refractivity contribution is 14.0. The zero-order valence-corrected chi connectivity index (χ0v) is 19.3. The Kier molecular flexibility index (Phi) is 9.91. The van der Waals surface area contributed by atoms with Crippen molar-refractivity contribution in [1.82, 2.24) is 10.6 Å². The Morgan fingerprint density at radius 3 is 2.46 bits per heavy atom. The Labute approximate surface area is 188 Å². The van der Waals surface area contributed by atoms with Crippen molar-refractivity contribution < 1.29 is 4.39 Å². The Balaban J connectivity index is 0.00000280. The van der Waals surface area contributed by atoms with E-state index in [2.05, 4.69) is 50.9 Å². The minimum absolute atomic E-state index is 0. The average Bonchev–Trinajstić information content (AvgIpc) is 2.72. The minimum Gasteiger partial charge on any atom is -0.371 e. The Morgan fingerprint density at radius 2 is 1.79 bits per heavy atom. The van der Waals surface area contributed by atoms with Crippen molar-refractivity contribution in [3.05, 3.63) is 60.4 Å².